The molecule has 0 saturated heterocycles. The Bertz CT molecular complexity index is 1390. The van der Waals surface area contributed by atoms with Gasteiger partial charge in [-0.1, -0.05) is 34.8 Å². The summed E-state index contributed by atoms with van der Waals surface area (Å²) in [7, 11) is -1.08. The van der Waals surface area contributed by atoms with Gasteiger partial charge in [-0.15, -0.1) is 0 Å². The fourth-order valence-corrected chi connectivity index (χ4v) is 4.71. The lowest BCUT2D eigenvalue weighted by Gasteiger charge is -2.00. The van der Waals surface area contributed by atoms with E-state index in [0.29, 0.717) is 20.1 Å². The Hall–Kier alpha value is -2.48. The van der Waals surface area contributed by atoms with E-state index in [-0.39, 0.29) is 13.1 Å². The van der Waals surface area contributed by atoms with Crippen molar-refractivity contribution in [2.75, 3.05) is 6.26 Å². The first-order valence-electron chi connectivity index (χ1n) is 9.08. The van der Waals surface area contributed by atoms with Gasteiger partial charge in [-0.25, -0.2) is 0 Å². The molecule has 0 amide bonds. The Morgan fingerprint density at radius 1 is 0.935 bits per heavy atom. The van der Waals surface area contributed by atoms with E-state index in [2.05, 4.69) is 12.1 Å². The summed E-state index contributed by atoms with van der Waals surface area (Å²) in [6, 6.07) is 15.1. The molecule has 2 aromatic carbocycles. The summed E-state index contributed by atoms with van der Waals surface area (Å²) in [5, 5.41) is 21.2. The number of aryl methyl sites for hydroxylation is 1. The molecule has 0 N–H and O–H groups in total. The number of rotatable bonds is 3. The Labute approximate surface area is 197 Å². The second kappa shape index (κ2) is 9.77. The molecular weight excluding hydrogens is 475 g/mol. The van der Waals surface area contributed by atoms with Crippen molar-refractivity contribution in [3.05, 3.63) is 63.4 Å². The lowest BCUT2D eigenvalue weighted by Crippen LogP contribution is -1.94. The highest BCUT2D eigenvalue weighted by molar-refractivity contribution is 7.84. The molecule has 2 aromatic heterocycles. The quantitative estimate of drug-likeness (QED) is 0.336. The third-order valence-corrected chi connectivity index (χ3v) is 6.69. The van der Waals surface area contributed by atoms with Crippen molar-refractivity contribution in [2.24, 2.45) is 0 Å². The molecule has 0 aliphatic carbocycles. The zero-order valence-corrected chi connectivity index (χ0v) is 19.8. The molecule has 0 radical (unpaired) electrons. The van der Waals surface area contributed by atoms with Crippen LogP contribution in [0.15, 0.2) is 47.5 Å². The van der Waals surface area contributed by atoms with Crippen molar-refractivity contribution in [1.82, 2.24) is 9.13 Å². The second-order valence-electron chi connectivity index (χ2n) is 6.72. The summed E-state index contributed by atoms with van der Waals surface area (Å²) in [5.41, 5.74) is 2.80. The number of aromatic nitrogens is 2. The number of nitrogens with zero attached hydrogens (tertiary/aromatic N) is 4. The maximum absolute atomic E-state index is 11.6. The van der Waals surface area contributed by atoms with E-state index in [1.165, 1.54) is 0 Å². The molecule has 0 fully saturated rings. The molecule has 1 atom stereocenters. The van der Waals surface area contributed by atoms with Crippen LogP contribution in [0.5, 0.6) is 0 Å². The van der Waals surface area contributed by atoms with Crippen LogP contribution in [0.2, 0.25) is 15.2 Å². The molecule has 4 aromatic rings. The van der Waals surface area contributed by atoms with Gasteiger partial charge in [0.25, 0.3) is 0 Å². The van der Waals surface area contributed by atoms with Crippen LogP contribution in [0.3, 0.4) is 0 Å². The average molecular weight is 492 g/mol. The molecule has 4 rings (SSSR count). The van der Waals surface area contributed by atoms with E-state index >= 15 is 0 Å². The lowest BCUT2D eigenvalue weighted by atomic mass is 10.2. The summed E-state index contributed by atoms with van der Waals surface area (Å²) in [5.74, 6) is 0. The number of benzene rings is 2. The monoisotopic (exact) mass is 490 g/mol. The normalized spacial score (nSPS) is 11.6. The SMILES string of the molecule is CS(=O)c1cn(CC#N)c2ccc(Cl)cc12.Cc1c(Cl)n(CC#N)c2ccc(Cl)cc12. The van der Waals surface area contributed by atoms with Gasteiger partial charge in [-0.2, -0.15) is 10.5 Å². The molecule has 9 heteroatoms. The molecule has 2 heterocycles. The number of nitriles is 2. The van der Waals surface area contributed by atoms with Gasteiger partial charge in [0.05, 0.1) is 38.9 Å². The highest BCUT2D eigenvalue weighted by atomic mass is 35.5. The summed E-state index contributed by atoms with van der Waals surface area (Å²) in [6.45, 7) is 2.43. The molecule has 1 unspecified atom stereocenters. The zero-order valence-electron chi connectivity index (χ0n) is 16.7. The molecule has 0 spiro atoms. The zero-order chi connectivity index (χ0) is 22.7. The van der Waals surface area contributed by atoms with Gasteiger partial charge in [0, 0.05) is 33.3 Å². The summed E-state index contributed by atoms with van der Waals surface area (Å²) in [6.07, 6.45) is 3.37. The first-order chi connectivity index (χ1) is 14.8. The van der Waals surface area contributed by atoms with Gasteiger partial charge in [0.1, 0.15) is 18.2 Å². The minimum atomic E-state index is -1.08. The van der Waals surface area contributed by atoms with E-state index in [1.807, 2.05) is 25.1 Å². The Morgan fingerprint density at radius 2 is 1.52 bits per heavy atom. The minimum absolute atomic E-state index is 0.245. The van der Waals surface area contributed by atoms with Gasteiger partial charge < -0.3 is 9.13 Å². The first-order valence-corrected chi connectivity index (χ1v) is 11.8. The van der Waals surface area contributed by atoms with Gasteiger partial charge in [-0.3, -0.25) is 4.21 Å². The molecule has 5 nitrogen and oxygen atoms in total. The molecule has 31 heavy (non-hydrogen) atoms. The smallest absolute Gasteiger partial charge is 0.113 e. The van der Waals surface area contributed by atoms with Gasteiger partial charge in [-0.05, 0) is 48.9 Å². The van der Waals surface area contributed by atoms with Gasteiger partial charge >= 0.3 is 0 Å². The average Bonchev–Trinajstić information content (AvgIpc) is 3.20. The van der Waals surface area contributed by atoms with Crippen molar-refractivity contribution in [3.8, 4) is 12.1 Å². The maximum Gasteiger partial charge on any atom is 0.113 e. The highest BCUT2D eigenvalue weighted by Crippen LogP contribution is 2.31. The van der Waals surface area contributed by atoms with Crippen LogP contribution in [-0.2, 0) is 23.9 Å². The number of fused-ring (bicyclic) bond motifs is 2. The van der Waals surface area contributed by atoms with Crippen LogP contribution in [0.4, 0.5) is 0 Å². The number of halogens is 3. The molecule has 0 aliphatic rings. The Balaban J connectivity index is 0.000000176. The number of hydrogen-bond donors (Lipinski definition) is 0. The van der Waals surface area contributed by atoms with Crippen LogP contribution in [0.25, 0.3) is 21.8 Å². The fraction of sp³-hybridized carbons (Fsp3) is 0.182. The van der Waals surface area contributed by atoms with Crippen LogP contribution in [0, 0.1) is 29.6 Å². The standard InChI is InChI=1S/C11H8Cl2N2.C11H9ClN2OS/c1-7-9-6-8(12)2-3-10(9)15(5-4-14)11(7)13;1-16(15)11-7-14(5-4-13)10-3-2-8(12)6-9(10)11/h2-3,6H,5H2,1H3;2-3,6-7H,5H2,1H3. The van der Waals surface area contributed by atoms with Crippen LogP contribution in [-0.4, -0.2) is 19.6 Å². The highest BCUT2D eigenvalue weighted by Gasteiger charge is 2.12. The van der Waals surface area contributed by atoms with Crippen molar-refractivity contribution >= 4 is 67.4 Å². The Kier molecular flexibility index (Phi) is 7.30. The summed E-state index contributed by atoms with van der Waals surface area (Å²) in [4.78, 5) is 0.716. The van der Waals surface area contributed by atoms with Crippen molar-refractivity contribution in [2.45, 2.75) is 24.9 Å². The minimum Gasteiger partial charge on any atom is -0.332 e. The third kappa shape index (κ3) is 4.74. The lowest BCUT2D eigenvalue weighted by molar-refractivity contribution is 0.687. The largest absolute Gasteiger partial charge is 0.332 e. The van der Waals surface area contributed by atoms with E-state index in [0.717, 1.165) is 27.4 Å². The van der Waals surface area contributed by atoms with E-state index in [1.54, 1.807) is 39.8 Å². The van der Waals surface area contributed by atoms with Crippen molar-refractivity contribution in [1.29, 1.82) is 10.5 Å². The van der Waals surface area contributed by atoms with E-state index < -0.39 is 10.8 Å². The molecular formula is C22H17Cl3N4OS. The topological polar surface area (TPSA) is 74.5 Å². The van der Waals surface area contributed by atoms with Gasteiger partial charge in [0.15, 0.2) is 0 Å². The van der Waals surface area contributed by atoms with E-state index in [4.69, 9.17) is 45.3 Å². The summed E-state index contributed by atoms with van der Waals surface area (Å²) >= 11 is 18.0. The fourth-order valence-electron chi connectivity index (χ4n) is 3.36. The first kappa shape index (κ1) is 23.2. The molecule has 158 valence electrons. The van der Waals surface area contributed by atoms with Crippen LogP contribution >= 0.6 is 34.8 Å². The molecule has 0 saturated carbocycles. The van der Waals surface area contributed by atoms with Crippen LogP contribution in [0.1, 0.15) is 5.56 Å². The maximum atomic E-state index is 11.6. The van der Waals surface area contributed by atoms with Gasteiger partial charge in [0.2, 0.25) is 0 Å². The second-order valence-corrected chi connectivity index (χ2v) is 9.30. The molecule has 0 aliphatic heterocycles. The Morgan fingerprint density at radius 3 is 2.10 bits per heavy atom. The van der Waals surface area contributed by atoms with Crippen LogP contribution < -0.4 is 0 Å². The van der Waals surface area contributed by atoms with Crippen molar-refractivity contribution < 1.29 is 4.21 Å². The van der Waals surface area contributed by atoms with Crippen molar-refractivity contribution in [3.63, 3.8) is 0 Å². The predicted octanol–water partition coefficient (Wildman–Crippen LogP) is 6.34. The third-order valence-electron chi connectivity index (χ3n) is 4.79. The predicted molar refractivity (Wildman–Crippen MR) is 127 cm³/mol. The summed E-state index contributed by atoms with van der Waals surface area (Å²) < 4.78 is 15.1. The number of hydrogen-bond acceptors (Lipinski definition) is 3. The molecule has 0 bridgehead atoms. The van der Waals surface area contributed by atoms with E-state index in [9.17, 15) is 4.21 Å².